The number of ether oxygens (including phenoxy) is 1. The first kappa shape index (κ1) is 13.4. The van der Waals surface area contributed by atoms with E-state index in [9.17, 15) is 0 Å². The van der Waals surface area contributed by atoms with E-state index in [1.165, 1.54) is 32.1 Å². The lowest BCUT2D eigenvalue weighted by atomic mass is 9.67. The zero-order chi connectivity index (χ0) is 15.7. The second-order valence-corrected chi connectivity index (χ2v) is 8.08. The van der Waals surface area contributed by atoms with Gasteiger partial charge in [0.25, 0.3) is 0 Å². The highest BCUT2D eigenvalue weighted by Crippen LogP contribution is 2.51. The SMILES string of the molecule is C1=Nc2c(ccc3ncccc23)OC12NC1CC3CC(C1)CC2C3. The monoisotopic (exact) mass is 319 g/mol. The summed E-state index contributed by atoms with van der Waals surface area (Å²) in [7, 11) is 0. The Morgan fingerprint density at radius 2 is 1.92 bits per heavy atom. The van der Waals surface area contributed by atoms with Crippen LogP contribution in [0, 0.1) is 17.8 Å². The van der Waals surface area contributed by atoms with Crippen molar-refractivity contribution in [2.24, 2.45) is 22.7 Å². The standard InChI is InChI=1S/C20H21N3O/c1-2-16-17(21-5-1)3-4-18-19(16)22-11-20(24-18)14-7-12-6-13(8-14)10-15(9-12)23-20/h1-5,11-15,23H,6-10H2. The molecule has 24 heavy (non-hydrogen) atoms. The largest absolute Gasteiger partial charge is 0.465 e. The quantitative estimate of drug-likeness (QED) is 0.803. The molecule has 0 radical (unpaired) electrons. The first-order chi connectivity index (χ1) is 11.8. The van der Waals surface area contributed by atoms with E-state index >= 15 is 0 Å². The molecule has 1 N–H and O–H groups in total. The van der Waals surface area contributed by atoms with Crippen molar-refractivity contribution in [3.8, 4) is 5.75 Å². The zero-order valence-corrected chi connectivity index (χ0v) is 13.6. The third kappa shape index (κ3) is 1.78. The molecule has 0 amide bonds. The number of aliphatic imine (C=N–C) groups is 1. The maximum Gasteiger partial charge on any atom is 0.200 e. The number of nitrogens with zero attached hydrogens (tertiary/aromatic N) is 2. The van der Waals surface area contributed by atoms with Crippen LogP contribution >= 0.6 is 0 Å². The first-order valence-corrected chi connectivity index (χ1v) is 9.19. The van der Waals surface area contributed by atoms with E-state index in [1.807, 2.05) is 24.4 Å². The molecule has 4 nitrogen and oxygen atoms in total. The Hall–Kier alpha value is -1.94. The number of nitrogens with one attached hydrogen (secondary N) is 1. The Kier molecular flexibility index (Phi) is 2.54. The van der Waals surface area contributed by atoms with Crippen molar-refractivity contribution in [2.75, 3.05) is 0 Å². The van der Waals surface area contributed by atoms with Crippen LogP contribution in [0.5, 0.6) is 5.75 Å². The topological polar surface area (TPSA) is 46.5 Å². The molecule has 1 aromatic heterocycles. The van der Waals surface area contributed by atoms with Gasteiger partial charge in [-0.1, -0.05) is 0 Å². The average molecular weight is 319 g/mol. The second kappa shape index (κ2) is 4.57. The normalized spacial score (nSPS) is 39.0. The molecule has 4 heteroatoms. The summed E-state index contributed by atoms with van der Waals surface area (Å²) in [6.07, 6.45) is 10.5. The second-order valence-electron chi connectivity index (χ2n) is 8.08. The van der Waals surface area contributed by atoms with Crippen LogP contribution in [0.3, 0.4) is 0 Å². The van der Waals surface area contributed by atoms with Gasteiger partial charge in [0, 0.05) is 23.5 Å². The van der Waals surface area contributed by atoms with Crippen LogP contribution in [-0.4, -0.2) is 23.0 Å². The summed E-state index contributed by atoms with van der Waals surface area (Å²) < 4.78 is 6.64. The van der Waals surface area contributed by atoms with E-state index in [2.05, 4.69) is 22.6 Å². The molecule has 7 rings (SSSR count). The number of hydrogen-bond acceptors (Lipinski definition) is 4. The summed E-state index contributed by atoms with van der Waals surface area (Å²) in [6, 6.07) is 8.71. The van der Waals surface area contributed by atoms with Gasteiger partial charge in [-0.05, 0) is 68.2 Å². The van der Waals surface area contributed by atoms with Gasteiger partial charge in [-0.2, -0.15) is 0 Å². The van der Waals surface area contributed by atoms with E-state index < -0.39 is 5.72 Å². The van der Waals surface area contributed by atoms with Gasteiger partial charge in [-0.15, -0.1) is 0 Å². The summed E-state index contributed by atoms with van der Waals surface area (Å²) in [5.41, 5.74) is 1.50. The fourth-order valence-corrected chi connectivity index (χ4v) is 5.71. The van der Waals surface area contributed by atoms with Crippen molar-refractivity contribution in [3.63, 3.8) is 0 Å². The van der Waals surface area contributed by atoms with Crippen molar-refractivity contribution < 1.29 is 4.74 Å². The van der Waals surface area contributed by atoms with Crippen LogP contribution in [0.1, 0.15) is 32.1 Å². The molecule has 3 atom stereocenters. The van der Waals surface area contributed by atoms with Crippen molar-refractivity contribution in [1.82, 2.24) is 10.3 Å². The lowest BCUT2D eigenvalue weighted by Crippen LogP contribution is -2.59. The third-order valence-electron chi connectivity index (χ3n) is 6.56. The molecule has 122 valence electrons. The van der Waals surface area contributed by atoms with Gasteiger partial charge in [-0.25, -0.2) is 0 Å². The number of fused-ring (bicyclic) bond motifs is 3. The maximum atomic E-state index is 6.64. The number of rotatable bonds is 0. The zero-order valence-electron chi connectivity index (χ0n) is 13.6. The van der Waals surface area contributed by atoms with Gasteiger partial charge in [0.05, 0.1) is 11.7 Å². The van der Waals surface area contributed by atoms with Crippen molar-refractivity contribution >= 4 is 22.8 Å². The summed E-state index contributed by atoms with van der Waals surface area (Å²) in [5.74, 6) is 3.18. The lowest BCUT2D eigenvalue weighted by Gasteiger charge is -2.42. The molecule has 2 aliphatic carbocycles. The predicted molar refractivity (Wildman–Crippen MR) is 93.7 cm³/mol. The third-order valence-corrected chi connectivity index (χ3v) is 6.56. The van der Waals surface area contributed by atoms with Crippen LogP contribution < -0.4 is 10.1 Å². The molecule has 2 saturated heterocycles. The van der Waals surface area contributed by atoms with Crippen LogP contribution in [0.25, 0.3) is 10.9 Å². The van der Waals surface area contributed by atoms with Crippen LogP contribution in [0.2, 0.25) is 0 Å². The Morgan fingerprint density at radius 1 is 1.04 bits per heavy atom. The van der Waals surface area contributed by atoms with E-state index in [1.54, 1.807) is 0 Å². The molecule has 4 heterocycles. The Labute approximate surface area is 141 Å². The molecule has 3 unspecified atom stereocenters. The molecule has 3 aliphatic heterocycles. The van der Waals surface area contributed by atoms with Crippen LogP contribution in [0.15, 0.2) is 35.5 Å². The highest BCUT2D eigenvalue weighted by atomic mass is 16.5. The molecular formula is C20H21N3O. The van der Waals surface area contributed by atoms with E-state index in [0.717, 1.165) is 34.2 Å². The van der Waals surface area contributed by atoms with Gasteiger partial charge in [0.15, 0.2) is 5.72 Å². The number of benzene rings is 1. The molecule has 2 saturated carbocycles. The van der Waals surface area contributed by atoms with Crippen molar-refractivity contribution in [3.05, 3.63) is 30.5 Å². The highest BCUT2D eigenvalue weighted by molar-refractivity contribution is 5.96. The van der Waals surface area contributed by atoms with Crippen molar-refractivity contribution in [2.45, 2.75) is 43.9 Å². The van der Waals surface area contributed by atoms with Gasteiger partial charge in [0.1, 0.15) is 11.4 Å². The smallest absolute Gasteiger partial charge is 0.200 e. The lowest BCUT2D eigenvalue weighted by molar-refractivity contribution is 0.0278. The van der Waals surface area contributed by atoms with Gasteiger partial charge < -0.3 is 4.74 Å². The van der Waals surface area contributed by atoms with Gasteiger partial charge in [-0.3, -0.25) is 15.3 Å². The van der Waals surface area contributed by atoms with Crippen LogP contribution in [-0.2, 0) is 0 Å². The average Bonchev–Trinajstić information content (AvgIpc) is 2.75. The molecule has 1 aromatic carbocycles. The van der Waals surface area contributed by atoms with E-state index in [0.29, 0.717) is 12.0 Å². The van der Waals surface area contributed by atoms with E-state index in [4.69, 9.17) is 9.73 Å². The summed E-state index contributed by atoms with van der Waals surface area (Å²) >= 11 is 0. The Balaban J connectivity index is 1.47. The number of aromatic nitrogens is 1. The molecule has 4 fully saturated rings. The highest BCUT2D eigenvalue weighted by Gasteiger charge is 2.53. The molecule has 5 aliphatic rings. The van der Waals surface area contributed by atoms with Crippen molar-refractivity contribution in [1.29, 1.82) is 0 Å². The number of pyridine rings is 1. The van der Waals surface area contributed by atoms with E-state index in [-0.39, 0.29) is 0 Å². The van der Waals surface area contributed by atoms with Gasteiger partial charge in [0.2, 0.25) is 0 Å². The molecule has 4 bridgehead atoms. The Morgan fingerprint density at radius 3 is 2.79 bits per heavy atom. The fourth-order valence-electron chi connectivity index (χ4n) is 5.71. The summed E-state index contributed by atoms with van der Waals surface area (Å²) in [5, 5.41) is 4.93. The summed E-state index contributed by atoms with van der Waals surface area (Å²) in [4.78, 5) is 9.32. The molecule has 2 aromatic rings. The predicted octanol–water partition coefficient (Wildman–Crippen LogP) is 3.82. The number of hydrogen-bond donors (Lipinski definition) is 1. The molecule has 1 spiro atoms. The van der Waals surface area contributed by atoms with Crippen LogP contribution in [0.4, 0.5) is 5.69 Å². The minimum absolute atomic E-state index is 0.405. The van der Waals surface area contributed by atoms with Gasteiger partial charge >= 0.3 is 0 Å². The minimum atomic E-state index is -0.405. The minimum Gasteiger partial charge on any atom is -0.465 e. The fraction of sp³-hybridized carbons (Fsp3) is 0.500. The first-order valence-electron chi connectivity index (χ1n) is 9.19. The molecular weight excluding hydrogens is 298 g/mol. The summed E-state index contributed by atoms with van der Waals surface area (Å²) in [6.45, 7) is 0. The maximum absolute atomic E-state index is 6.64. The Bertz CT molecular complexity index is 849.